The summed E-state index contributed by atoms with van der Waals surface area (Å²) in [7, 11) is 0. The van der Waals surface area contributed by atoms with Crippen molar-refractivity contribution in [3.63, 3.8) is 0 Å². The molecule has 0 radical (unpaired) electrons. The standard InChI is InChI=1S/C11H16N4O3/c1-2-18-11(17)7-5-10(15-6-8(7)12)14-4-3-9(13)16/h5-6H,2-4,12H2,1H3,(H2,13,16)(H,14,15). The molecule has 1 aromatic rings. The molecule has 18 heavy (non-hydrogen) atoms. The number of amides is 1. The highest BCUT2D eigenvalue weighted by atomic mass is 16.5. The van der Waals surface area contributed by atoms with Crippen molar-refractivity contribution in [2.75, 3.05) is 24.2 Å². The molecule has 1 rings (SSSR count). The molecule has 0 fully saturated rings. The number of hydrogen-bond acceptors (Lipinski definition) is 6. The number of anilines is 2. The minimum atomic E-state index is -0.504. The number of rotatable bonds is 6. The zero-order valence-electron chi connectivity index (χ0n) is 10.1. The first-order valence-corrected chi connectivity index (χ1v) is 5.49. The predicted molar refractivity (Wildman–Crippen MR) is 66.9 cm³/mol. The Hall–Kier alpha value is -2.31. The SMILES string of the molecule is CCOC(=O)c1cc(NCCC(N)=O)ncc1N. The lowest BCUT2D eigenvalue weighted by Crippen LogP contribution is -2.16. The molecule has 5 N–H and O–H groups in total. The first-order valence-electron chi connectivity index (χ1n) is 5.49. The number of pyridine rings is 1. The molecule has 0 aliphatic rings. The molecule has 0 aliphatic heterocycles. The van der Waals surface area contributed by atoms with Crippen LogP contribution in [0, 0.1) is 0 Å². The van der Waals surface area contributed by atoms with Crippen LogP contribution in [0.1, 0.15) is 23.7 Å². The van der Waals surface area contributed by atoms with E-state index in [2.05, 4.69) is 10.3 Å². The van der Waals surface area contributed by atoms with Gasteiger partial charge in [0, 0.05) is 13.0 Å². The van der Waals surface area contributed by atoms with Gasteiger partial charge in [-0.3, -0.25) is 4.79 Å². The number of nitrogens with two attached hydrogens (primary N) is 2. The second-order valence-corrected chi connectivity index (χ2v) is 3.52. The average molecular weight is 252 g/mol. The fourth-order valence-electron chi connectivity index (χ4n) is 1.26. The van der Waals surface area contributed by atoms with Gasteiger partial charge in [0.05, 0.1) is 24.1 Å². The van der Waals surface area contributed by atoms with Crippen LogP contribution in [0.3, 0.4) is 0 Å². The number of nitrogens with one attached hydrogen (secondary N) is 1. The van der Waals surface area contributed by atoms with E-state index in [-0.39, 0.29) is 24.3 Å². The Morgan fingerprint density at radius 2 is 2.22 bits per heavy atom. The van der Waals surface area contributed by atoms with Crippen LogP contribution in [-0.4, -0.2) is 30.0 Å². The molecule has 1 amide bonds. The molecule has 1 heterocycles. The fraction of sp³-hybridized carbons (Fsp3) is 0.364. The molecule has 1 aromatic heterocycles. The number of nitrogens with zero attached hydrogens (tertiary/aromatic N) is 1. The first-order chi connectivity index (χ1) is 8.54. The highest BCUT2D eigenvalue weighted by molar-refractivity contribution is 5.95. The number of nitrogen functional groups attached to an aromatic ring is 1. The van der Waals surface area contributed by atoms with Crippen molar-refractivity contribution in [1.82, 2.24) is 4.98 Å². The summed E-state index contributed by atoms with van der Waals surface area (Å²) in [5.74, 6) is -0.479. The van der Waals surface area contributed by atoms with Crippen LogP contribution < -0.4 is 16.8 Å². The van der Waals surface area contributed by atoms with Gasteiger partial charge in [0.15, 0.2) is 0 Å². The third kappa shape index (κ3) is 3.93. The van der Waals surface area contributed by atoms with E-state index in [1.54, 1.807) is 6.92 Å². The molecule has 0 aromatic carbocycles. The van der Waals surface area contributed by atoms with Crippen molar-refractivity contribution in [2.24, 2.45) is 5.73 Å². The Morgan fingerprint density at radius 3 is 2.83 bits per heavy atom. The van der Waals surface area contributed by atoms with E-state index in [9.17, 15) is 9.59 Å². The van der Waals surface area contributed by atoms with Gasteiger partial charge < -0.3 is 21.5 Å². The summed E-state index contributed by atoms with van der Waals surface area (Å²) < 4.78 is 4.86. The van der Waals surface area contributed by atoms with Crippen LogP contribution in [-0.2, 0) is 9.53 Å². The van der Waals surface area contributed by atoms with Crippen molar-refractivity contribution >= 4 is 23.4 Å². The Labute approximate surface area is 105 Å². The molecule has 0 saturated heterocycles. The van der Waals surface area contributed by atoms with Crippen LogP contribution in [0.25, 0.3) is 0 Å². The molecule has 98 valence electrons. The van der Waals surface area contributed by atoms with E-state index in [0.717, 1.165) is 0 Å². The Morgan fingerprint density at radius 1 is 1.50 bits per heavy atom. The van der Waals surface area contributed by atoms with Crippen molar-refractivity contribution in [1.29, 1.82) is 0 Å². The first kappa shape index (κ1) is 13.8. The molecule has 0 saturated carbocycles. The van der Waals surface area contributed by atoms with Crippen molar-refractivity contribution in [2.45, 2.75) is 13.3 Å². The lowest BCUT2D eigenvalue weighted by molar-refractivity contribution is -0.117. The van der Waals surface area contributed by atoms with Gasteiger partial charge >= 0.3 is 5.97 Å². The minimum absolute atomic E-state index is 0.181. The molecule has 0 atom stereocenters. The van der Waals surface area contributed by atoms with Crippen LogP contribution in [0.2, 0.25) is 0 Å². The predicted octanol–water partition coefficient (Wildman–Crippen LogP) is 0.128. The molecule has 0 spiro atoms. The van der Waals surface area contributed by atoms with Gasteiger partial charge in [-0.15, -0.1) is 0 Å². The van der Waals surface area contributed by atoms with Gasteiger partial charge in [-0.05, 0) is 13.0 Å². The largest absolute Gasteiger partial charge is 0.462 e. The quantitative estimate of drug-likeness (QED) is 0.619. The second kappa shape index (κ2) is 6.43. The van der Waals surface area contributed by atoms with E-state index in [1.807, 2.05) is 0 Å². The van der Waals surface area contributed by atoms with Crippen molar-refractivity contribution in [3.8, 4) is 0 Å². The van der Waals surface area contributed by atoms with Crippen molar-refractivity contribution < 1.29 is 14.3 Å². The topological polar surface area (TPSA) is 120 Å². The van der Waals surface area contributed by atoms with Gasteiger partial charge in [-0.2, -0.15) is 0 Å². The Kier molecular flexibility index (Phi) is 4.91. The van der Waals surface area contributed by atoms with Gasteiger partial charge in [0.1, 0.15) is 5.82 Å². The lowest BCUT2D eigenvalue weighted by Gasteiger charge is -2.08. The van der Waals surface area contributed by atoms with Crippen molar-refractivity contribution in [3.05, 3.63) is 17.8 Å². The molecule has 0 unspecified atom stereocenters. The fourth-order valence-corrected chi connectivity index (χ4v) is 1.26. The number of esters is 1. The third-order valence-electron chi connectivity index (χ3n) is 2.11. The number of carbonyl (C=O) groups excluding carboxylic acids is 2. The third-order valence-corrected chi connectivity index (χ3v) is 2.11. The number of hydrogen-bond donors (Lipinski definition) is 3. The number of carbonyl (C=O) groups is 2. The van der Waals surface area contributed by atoms with Crippen LogP contribution in [0.4, 0.5) is 11.5 Å². The monoisotopic (exact) mass is 252 g/mol. The summed E-state index contributed by atoms with van der Waals surface area (Å²) in [6.07, 6.45) is 1.54. The number of ether oxygens (including phenoxy) is 1. The zero-order valence-corrected chi connectivity index (χ0v) is 10.1. The molecule has 7 heteroatoms. The summed E-state index contributed by atoms with van der Waals surface area (Å²) in [5, 5.41) is 2.87. The summed E-state index contributed by atoms with van der Waals surface area (Å²) in [6, 6.07) is 1.48. The van der Waals surface area contributed by atoms with E-state index in [1.165, 1.54) is 12.3 Å². The van der Waals surface area contributed by atoms with Crippen LogP contribution in [0.15, 0.2) is 12.3 Å². The number of aromatic nitrogens is 1. The van der Waals surface area contributed by atoms with Crippen LogP contribution >= 0.6 is 0 Å². The molecule has 0 aliphatic carbocycles. The average Bonchev–Trinajstić information content (AvgIpc) is 2.31. The summed E-state index contributed by atoms with van der Waals surface area (Å²) in [4.78, 5) is 26.1. The van der Waals surface area contributed by atoms with Gasteiger partial charge in [-0.25, -0.2) is 9.78 Å². The molecular weight excluding hydrogens is 236 g/mol. The van der Waals surface area contributed by atoms with E-state index >= 15 is 0 Å². The maximum absolute atomic E-state index is 11.6. The summed E-state index contributed by atoms with van der Waals surface area (Å²) >= 11 is 0. The van der Waals surface area contributed by atoms with Gasteiger partial charge in [-0.1, -0.05) is 0 Å². The number of primary amides is 1. The Bertz CT molecular complexity index is 448. The summed E-state index contributed by atoms with van der Waals surface area (Å²) in [6.45, 7) is 2.32. The minimum Gasteiger partial charge on any atom is -0.462 e. The van der Waals surface area contributed by atoms with Crippen LogP contribution in [0.5, 0.6) is 0 Å². The maximum Gasteiger partial charge on any atom is 0.340 e. The maximum atomic E-state index is 11.6. The van der Waals surface area contributed by atoms with E-state index < -0.39 is 11.9 Å². The van der Waals surface area contributed by atoms with E-state index in [4.69, 9.17) is 16.2 Å². The summed E-state index contributed by atoms with van der Waals surface area (Å²) in [5.41, 5.74) is 11.1. The highest BCUT2D eigenvalue weighted by Gasteiger charge is 2.12. The second-order valence-electron chi connectivity index (χ2n) is 3.52. The van der Waals surface area contributed by atoms with E-state index in [0.29, 0.717) is 12.4 Å². The zero-order chi connectivity index (χ0) is 13.5. The lowest BCUT2D eigenvalue weighted by atomic mass is 10.2. The van der Waals surface area contributed by atoms with Gasteiger partial charge in [0.2, 0.25) is 5.91 Å². The highest BCUT2D eigenvalue weighted by Crippen LogP contribution is 2.15. The van der Waals surface area contributed by atoms with Gasteiger partial charge in [0.25, 0.3) is 0 Å². The molecular formula is C11H16N4O3. The normalized spacial score (nSPS) is 9.83. The smallest absolute Gasteiger partial charge is 0.340 e. The molecule has 7 nitrogen and oxygen atoms in total. The Balaban J connectivity index is 2.74. The molecule has 0 bridgehead atoms.